The molecule has 2 unspecified atom stereocenters. The SMILES string of the molecule is CCC(C)CC(C)NCc1cc(Cl)ccc1OC(F)F. The fourth-order valence-corrected chi connectivity index (χ4v) is 2.23. The highest BCUT2D eigenvalue weighted by atomic mass is 35.5. The highest BCUT2D eigenvalue weighted by Gasteiger charge is 2.12. The summed E-state index contributed by atoms with van der Waals surface area (Å²) in [5.74, 6) is 0.807. The number of rotatable bonds is 8. The molecule has 5 heteroatoms. The van der Waals surface area contributed by atoms with Gasteiger partial charge in [-0.2, -0.15) is 8.78 Å². The highest BCUT2D eigenvalue weighted by Crippen LogP contribution is 2.24. The summed E-state index contributed by atoms with van der Waals surface area (Å²) in [5, 5.41) is 3.83. The van der Waals surface area contributed by atoms with Gasteiger partial charge in [0.05, 0.1) is 0 Å². The molecule has 0 radical (unpaired) electrons. The summed E-state index contributed by atoms with van der Waals surface area (Å²) in [4.78, 5) is 0. The van der Waals surface area contributed by atoms with Crippen LogP contribution in [0.1, 0.15) is 39.2 Å². The lowest BCUT2D eigenvalue weighted by Crippen LogP contribution is -2.27. The van der Waals surface area contributed by atoms with Crippen LogP contribution in [0.5, 0.6) is 5.75 Å². The third kappa shape index (κ3) is 6.06. The number of hydrogen-bond donors (Lipinski definition) is 1. The summed E-state index contributed by atoms with van der Waals surface area (Å²) < 4.78 is 29.2. The van der Waals surface area contributed by atoms with Gasteiger partial charge in [0.25, 0.3) is 0 Å². The Hall–Kier alpha value is -0.870. The molecular weight excluding hydrogens is 284 g/mol. The molecule has 1 rings (SSSR count). The molecule has 2 nitrogen and oxygen atoms in total. The van der Waals surface area contributed by atoms with Crippen LogP contribution in [0.15, 0.2) is 18.2 Å². The number of alkyl halides is 2. The van der Waals surface area contributed by atoms with Gasteiger partial charge >= 0.3 is 6.61 Å². The Morgan fingerprint density at radius 2 is 2.00 bits per heavy atom. The van der Waals surface area contributed by atoms with E-state index in [1.807, 2.05) is 0 Å². The van der Waals surface area contributed by atoms with Crippen molar-refractivity contribution in [3.05, 3.63) is 28.8 Å². The zero-order valence-corrected chi connectivity index (χ0v) is 12.9. The first kappa shape index (κ1) is 17.2. The minimum Gasteiger partial charge on any atom is -0.434 e. The van der Waals surface area contributed by atoms with Crippen LogP contribution in [0.4, 0.5) is 8.78 Å². The van der Waals surface area contributed by atoms with E-state index in [1.54, 1.807) is 12.1 Å². The van der Waals surface area contributed by atoms with Gasteiger partial charge in [-0.1, -0.05) is 31.9 Å². The summed E-state index contributed by atoms with van der Waals surface area (Å²) in [6.45, 7) is 4.07. The van der Waals surface area contributed by atoms with E-state index in [9.17, 15) is 8.78 Å². The van der Waals surface area contributed by atoms with Crippen molar-refractivity contribution in [1.29, 1.82) is 0 Å². The maximum atomic E-state index is 12.3. The van der Waals surface area contributed by atoms with E-state index < -0.39 is 6.61 Å². The van der Waals surface area contributed by atoms with E-state index in [0.29, 0.717) is 29.1 Å². The molecule has 0 amide bonds. The minimum atomic E-state index is -2.83. The van der Waals surface area contributed by atoms with Crippen molar-refractivity contribution < 1.29 is 13.5 Å². The minimum absolute atomic E-state index is 0.174. The van der Waals surface area contributed by atoms with Crippen molar-refractivity contribution >= 4 is 11.6 Å². The average Bonchev–Trinajstić information content (AvgIpc) is 2.38. The Kier molecular flexibility index (Phi) is 7.24. The molecule has 1 N–H and O–H groups in total. The van der Waals surface area contributed by atoms with Crippen molar-refractivity contribution in [2.45, 2.75) is 52.8 Å². The second kappa shape index (κ2) is 8.42. The van der Waals surface area contributed by atoms with Gasteiger partial charge < -0.3 is 10.1 Å². The molecule has 114 valence electrons. The first-order chi connectivity index (χ1) is 9.42. The van der Waals surface area contributed by atoms with Gasteiger partial charge in [-0.05, 0) is 37.5 Å². The molecule has 1 aromatic carbocycles. The second-order valence-electron chi connectivity index (χ2n) is 5.16. The number of ether oxygens (including phenoxy) is 1. The van der Waals surface area contributed by atoms with Crippen molar-refractivity contribution in [3.63, 3.8) is 0 Å². The maximum Gasteiger partial charge on any atom is 0.387 e. The van der Waals surface area contributed by atoms with Crippen molar-refractivity contribution in [2.75, 3.05) is 0 Å². The first-order valence-corrected chi connectivity index (χ1v) is 7.26. The molecule has 20 heavy (non-hydrogen) atoms. The molecule has 0 saturated heterocycles. The lowest BCUT2D eigenvalue weighted by molar-refractivity contribution is -0.0505. The van der Waals surface area contributed by atoms with Crippen molar-refractivity contribution in [3.8, 4) is 5.75 Å². The van der Waals surface area contributed by atoms with Gasteiger partial charge in [-0.15, -0.1) is 0 Å². The molecule has 2 atom stereocenters. The van der Waals surface area contributed by atoms with Crippen LogP contribution in [-0.4, -0.2) is 12.7 Å². The number of hydrogen-bond acceptors (Lipinski definition) is 2. The van der Waals surface area contributed by atoms with E-state index in [4.69, 9.17) is 11.6 Å². The molecular formula is C15H22ClF2NO. The summed E-state index contributed by atoms with van der Waals surface area (Å²) in [7, 11) is 0. The van der Waals surface area contributed by atoms with Crippen LogP contribution < -0.4 is 10.1 Å². The predicted molar refractivity (Wildman–Crippen MR) is 78.5 cm³/mol. The van der Waals surface area contributed by atoms with Gasteiger partial charge in [0.1, 0.15) is 5.75 Å². The number of nitrogens with one attached hydrogen (secondary N) is 1. The number of halogens is 3. The molecule has 0 saturated carbocycles. The standard InChI is InChI=1S/C15H22ClF2NO/c1-4-10(2)7-11(3)19-9-12-8-13(16)5-6-14(12)20-15(17)18/h5-6,8,10-11,15,19H,4,7,9H2,1-3H3. The lowest BCUT2D eigenvalue weighted by atomic mass is 10.0. The zero-order valence-electron chi connectivity index (χ0n) is 12.1. The van der Waals surface area contributed by atoms with Crippen LogP contribution >= 0.6 is 11.6 Å². The molecule has 1 aromatic rings. The van der Waals surface area contributed by atoms with Gasteiger partial charge in [-0.25, -0.2) is 0 Å². The zero-order chi connectivity index (χ0) is 15.1. The molecule has 0 aromatic heterocycles. The van der Waals surface area contributed by atoms with E-state index in [-0.39, 0.29) is 5.75 Å². The first-order valence-electron chi connectivity index (χ1n) is 6.89. The third-order valence-electron chi connectivity index (χ3n) is 3.33. The van der Waals surface area contributed by atoms with Crippen LogP contribution in [0.2, 0.25) is 5.02 Å². The van der Waals surface area contributed by atoms with Gasteiger partial charge in [0, 0.05) is 23.2 Å². The van der Waals surface area contributed by atoms with Crippen LogP contribution in [-0.2, 0) is 6.54 Å². The van der Waals surface area contributed by atoms with Crippen LogP contribution in [0, 0.1) is 5.92 Å². The van der Waals surface area contributed by atoms with Crippen molar-refractivity contribution in [1.82, 2.24) is 5.32 Å². The molecule has 0 bridgehead atoms. The molecule has 0 aliphatic carbocycles. The largest absolute Gasteiger partial charge is 0.434 e. The number of benzene rings is 1. The predicted octanol–water partition coefficient (Wildman–Crippen LogP) is 4.86. The lowest BCUT2D eigenvalue weighted by Gasteiger charge is -2.19. The quantitative estimate of drug-likeness (QED) is 0.741. The normalized spacial score (nSPS) is 14.3. The van der Waals surface area contributed by atoms with Gasteiger partial charge in [-0.3, -0.25) is 0 Å². The molecule has 0 heterocycles. The smallest absolute Gasteiger partial charge is 0.387 e. The van der Waals surface area contributed by atoms with E-state index in [0.717, 1.165) is 12.8 Å². The third-order valence-corrected chi connectivity index (χ3v) is 3.57. The Morgan fingerprint density at radius 1 is 1.30 bits per heavy atom. The monoisotopic (exact) mass is 305 g/mol. The van der Waals surface area contributed by atoms with E-state index in [2.05, 4.69) is 30.8 Å². The maximum absolute atomic E-state index is 12.3. The summed E-state index contributed by atoms with van der Waals surface area (Å²) in [6, 6.07) is 4.99. The Labute approximate surface area is 124 Å². The van der Waals surface area contributed by atoms with Crippen LogP contribution in [0.25, 0.3) is 0 Å². The summed E-state index contributed by atoms with van der Waals surface area (Å²) in [6.07, 6.45) is 2.17. The molecule has 0 spiro atoms. The fourth-order valence-electron chi connectivity index (χ4n) is 2.03. The van der Waals surface area contributed by atoms with E-state index in [1.165, 1.54) is 6.07 Å². The highest BCUT2D eigenvalue weighted by molar-refractivity contribution is 6.30. The Balaban J connectivity index is 2.63. The fraction of sp³-hybridized carbons (Fsp3) is 0.600. The average molecular weight is 306 g/mol. The van der Waals surface area contributed by atoms with E-state index >= 15 is 0 Å². The van der Waals surface area contributed by atoms with Gasteiger partial charge in [0.2, 0.25) is 0 Å². The molecule has 0 aliphatic heterocycles. The molecule has 0 fully saturated rings. The Morgan fingerprint density at radius 3 is 2.60 bits per heavy atom. The summed E-state index contributed by atoms with van der Waals surface area (Å²) >= 11 is 5.90. The topological polar surface area (TPSA) is 21.3 Å². The van der Waals surface area contributed by atoms with Crippen LogP contribution in [0.3, 0.4) is 0 Å². The van der Waals surface area contributed by atoms with Gasteiger partial charge in [0.15, 0.2) is 0 Å². The van der Waals surface area contributed by atoms with Crippen molar-refractivity contribution in [2.24, 2.45) is 5.92 Å². The Bertz CT molecular complexity index is 415. The second-order valence-corrected chi connectivity index (χ2v) is 5.60. The summed E-state index contributed by atoms with van der Waals surface area (Å²) in [5.41, 5.74) is 0.647. The molecule has 0 aliphatic rings.